The van der Waals surface area contributed by atoms with Crippen LogP contribution in [0.15, 0.2) is 30.5 Å². The van der Waals surface area contributed by atoms with E-state index in [1.165, 1.54) is 11.1 Å². The molecule has 2 heterocycles. The van der Waals surface area contributed by atoms with Gasteiger partial charge in [-0.2, -0.15) is 0 Å². The Morgan fingerprint density at radius 3 is 2.76 bits per heavy atom. The number of nitrogens with zero attached hydrogens (tertiary/aromatic N) is 2. The maximum atomic E-state index is 4.61. The summed E-state index contributed by atoms with van der Waals surface area (Å²) in [5.41, 5.74) is 4.79. The van der Waals surface area contributed by atoms with Crippen molar-refractivity contribution in [3.8, 4) is 11.4 Å². The number of nitrogens with one attached hydrogen (secondary N) is 1. The number of benzene rings is 1. The Bertz CT molecular complexity index is 532. The van der Waals surface area contributed by atoms with Gasteiger partial charge in [-0.05, 0) is 12.0 Å². The first-order chi connectivity index (χ1) is 8.36. The average molecular weight is 225 g/mol. The molecule has 0 atom stereocenters. The number of rotatable bonds is 2. The Kier molecular flexibility index (Phi) is 2.61. The van der Waals surface area contributed by atoms with Gasteiger partial charge in [0.1, 0.15) is 0 Å². The molecule has 1 aromatic carbocycles. The first-order valence-electron chi connectivity index (χ1n) is 6.01. The normalized spacial score (nSPS) is 13.7. The van der Waals surface area contributed by atoms with Crippen LogP contribution >= 0.6 is 0 Å². The van der Waals surface area contributed by atoms with Crippen LogP contribution in [0, 0.1) is 0 Å². The van der Waals surface area contributed by atoms with E-state index in [1.54, 1.807) is 0 Å². The minimum atomic E-state index is 0.829. The van der Waals surface area contributed by atoms with Gasteiger partial charge in [-0.1, -0.05) is 31.2 Å². The van der Waals surface area contributed by atoms with Crippen LogP contribution in [0.25, 0.3) is 11.4 Å². The quantitative estimate of drug-likeness (QED) is 0.852. The van der Waals surface area contributed by atoms with Crippen LogP contribution in [-0.2, 0) is 19.5 Å². The molecule has 1 N–H and O–H groups in total. The van der Waals surface area contributed by atoms with E-state index in [4.69, 9.17) is 0 Å². The highest BCUT2D eigenvalue weighted by atomic mass is 15.0. The van der Waals surface area contributed by atoms with Crippen LogP contribution in [-0.4, -0.2) is 9.97 Å². The second-order valence-corrected chi connectivity index (χ2v) is 4.32. The zero-order valence-electron chi connectivity index (χ0n) is 9.90. The van der Waals surface area contributed by atoms with E-state index in [-0.39, 0.29) is 0 Å². The molecule has 0 aliphatic carbocycles. The third-order valence-corrected chi connectivity index (χ3v) is 3.18. The van der Waals surface area contributed by atoms with Gasteiger partial charge in [0, 0.05) is 30.4 Å². The molecule has 0 spiro atoms. The van der Waals surface area contributed by atoms with E-state index < -0.39 is 0 Å². The van der Waals surface area contributed by atoms with Gasteiger partial charge in [0.25, 0.3) is 0 Å². The van der Waals surface area contributed by atoms with Gasteiger partial charge in [-0.3, -0.25) is 0 Å². The van der Waals surface area contributed by atoms with Crippen molar-refractivity contribution < 1.29 is 0 Å². The second kappa shape index (κ2) is 4.26. The van der Waals surface area contributed by atoms with Gasteiger partial charge in [-0.15, -0.1) is 0 Å². The van der Waals surface area contributed by atoms with E-state index in [9.17, 15) is 0 Å². The number of aromatic nitrogens is 2. The molecule has 1 aromatic heterocycles. The molecule has 0 saturated heterocycles. The molecule has 0 amide bonds. The fourth-order valence-corrected chi connectivity index (χ4v) is 2.09. The van der Waals surface area contributed by atoms with E-state index in [0.29, 0.717) is 0 Å². The minimum Gasteiger partial charge on any atom is -0.307 e. The van der Waals surface area contributed by atoms with Crippen LogP contribution in [0.1, 0.15) is 23.7 Å². The lowest BCUT2D eigenvalue weighted by Gasteiger charge is -2.03. The van der Waals surface area contributed by atoms with E-state index in [2.05, 4.69) is 46.5 Å². The molecule has 3 heteroatoms. The van der Waals surface area contributed by atoms with Crippen molar-refractivity contribution in [3.05, 3.63) is 47.3 Å². The summed E-state index contributed by atoms with van der Waals surface area (Å²) in [4.78, 5) is 9.03. The van der Waals surface area contributed by atoms with Crippen LogP contribution in [0.5, 0.6) is 0 Å². The second-order valence-electron chi connectivity index (χ2n) is 4.32. The Morgan fingerprint density at radius 2 is 2.00 bits per heavy atom. The SMILES string of the molecule is CCc1ccc(-c2ncc3c(n2)CNC3)cc1. The van der Waals surface area contributed by atoms with Crippen LogP contribution in [0.4, 0.5) is 0 Å². The summed E-state index contributed by atoms with van der Waals surface area (Å²) in [6.07, 6.45) is 3.00. The van der Waals surface area contributed by atoms with Gasteiger partial charge in [0.2, 0.25) is 0 Å². The molecule has 1 aliphatic heterocycles. The van der Waals surface area contributed by atoms with E-state index in [1.807, 2.05) is 6.20 Å². The standard InChI is InChI=1S/C14H15N3/c1-2-10-3-5-11(6-4-10)14-16-8-12-7-15-9-13(12)17-14/h3-6,8,15H,2,7,9H2,1H3. The molecular formula is C14H15N3. The lowest BCUT2D eigenvalue weighted by Crippen LogP contribution is -2.00. The van der Waals surface area contributed by atoms with Crippen molar-refractivity contribution in [3.63, 3.8) is 0 Å². The summed E-state index contributed by atoms with van der Waals surface area (Å²) >= 11 is 0. The lowest BCUT2D eigenvalue weighted by molar-refractivity contribution is 0.758. The van der Waals surface area contributed by atoms with Gasteiger partial charge < -0.3 is 5.32 Å². The summed E-state index contributed by atoms with van der Waals surface area (Å²) in [5, 5.41) is 3.28. The van der Waals surface area contributed by atoms with E-state index >= 15 is 0 Å². The zero-order valence-corrected chi connectivity index (χ0v) is 9.90. The Morgan fingerprint density at radius 1 is 1.18 bits per heavy atom. The Balaban J connectivity index is 1.97. The fraction of sp³-hybridized carbons (Fsp3) is 0.286. The van der Waals surface area contributed by atoms with Crippen LogP contribution in [0.3, 0.4) is 0 Å². The van der Waals surface area contributed by atoms with Crippen molar-refractivity contribution in [1.82, 2.24) is 15.3 Å². The number of hydrogen-bond acceptors (Lipinski definition) is 3. The summed E-state index contributed by atoms with van der Waals surface area (Å²) in [6, 6.07) is 8.49. The molecule has 86 valence electrons. The van der Waals surface area contributed by atoms with Crippen molar-refractivity contribution in [1.29, 1.82) is 0 Å². The van der Waals surface area contributed by atoms with Gasteiger partial charge >= 0.3 is 0 Å². The summed E-state index contributed by atoms with van der Waals surface area (Å²) in [7, 11) is 0. The highest BCUT2D eigenvalue weighted by molar-refractivity contribution is 5.55. The predicted octanol–water partition coefficient (Wildman–Crippen LogP) is 2.31. The summed E-state index contributed by atoms with van der Waals surface area (Å²) in [6.45, 7) is 3.91. The molecule has 0 bridgehead atoms. The minimum absolute atomic E-state index is 0.829. The Hall–Kier alpha value is -1.74. The van der Waals surface area contributed by atoms with Gasteiger partial charge in [0.15, 0.2) is 5.82 Å². The molecule has 0 unspecified atom stereocenters. The van der Waals surface area contributed by atoms with Crippen molar-refractivity contribution in [2.45, 2.75) is 26.4 Å². The molecule has 0 saturated carbocycles. The van der Waals surface area contributed by atoms with Crippen molar-refractivity contribution in [2.24, 2.45) is 0 Å². The third-order valence-electron chi connectivity index (χ3n) is 3.18. The number of hydrogen-bond donors (Lipinski definition) is 1. The molecule has 1 aliphatic rings. The topological polar surface area (TPSA) is 37.8 Å². The molecule has 0 fully saturated rings. The Labute approximate surface area is 101 Å². The maximum absolute atomic E-state index is 4.61. The first-order valence-corrected chi connectivity index (χ1v) is 6.01. The summed E-state index contributed by atoms with van der Waals surface area (Å²) < 4.78 is 0. The van der Waals surface area contributed by atoms with Crippen LogP contribution < -0.4 is 5.32 Å². The van der Waals surface area contributed by atoms with Crippen molar-refractivity contribution in [2.75, 3.05) is 0 Å². The smallest absolute Gasteiger partial charge is 0.159 e. The average Bonchev–Trinajstić information content (AvgIpc) is 2.86. The predicted molar refractivity (Wildman–Crippen MR) is 67.4 cm³/mol. The highest BCUT2D eigenvalue weighted by Crippen LogP contribution is 2.19. The van der Waals surface area contributed by atoms with Crippen molar-refractivity contribution >= 4 is 0 Å². The molecule has 2 aromatic rings. The first kappa shape index (κ1) is 10.4. The summed E-state index contributed by atoms with van der Waals surface area (Å²) in [5.74, 6) is 0.829. The molecule has 3 rings (SSSR count). The molecule has 0 radical (unpaired) electrons. The molecular weight excluding hydrogens is 210 g/mol. The van der Waals surface area contributed by atoms with E-state index in [0.717, 1.165) is 36.6 Å². The largest absolute Gasteiger partial charge is 0.307 e. The monoisotopic (exact) mass is 225 g/mol. The number of fused-ring (bicyclic) bond motifs is 1. The highest BCUT2D eigenvalue weighted by Gasteiger charge is 2.13. The fourth-order valence-electron chi connectivity index (χ4n) is 2.09. The third kappa shape index (κ3) is 1.94. The van der Waals surface area contributed by atoms with Gasteiger partial charge in [0.05, 0.1) is 5.69 Å². The molecule has 17 heavy (non-hydrogen) atoms. The zero-order chi connectivity index (χ0) is 11.7. The number of aryl methyl sites for hydroxylation is 1. The van der Waals surface area contributed by atoms with Gasteiger partial charge in [-0.25, -0.2) is 9.97 Å². The lowest BCUT2D eigenvalue weighted by atomic mass is 10.1. The van der Waals surface area contributed by atoms with Crippen LogP contribution in [0.2, 0.25) is 0 Å². The maximum Gasteiger partial charge on any atom is 0.159 e. The molecule has 3 nitrogen and oxygen atoms in total.